The monoisotopic (exact) mass is 335 g/mol. The summed E-state index contributed by atoms with van der Waals surface area (Å²) in [6.45, 7) is 2.87. The van der Waals surface area contributed by atoms with Crippen LogP contribution in [-0.4, -0.2) is 62.5 Å². The van der Waals surface area contributed by atoms with Crippen molar-refractivity contribution in [2.75, 3.05) is 25.4 Å². The summed E-state index contributed by atoms with van der Waals surface area (Å²) >= 11 is 1.37. The topological polar surface area (TPSA) is 89.5 Å². The highest BCUT2D eigenvalue weighted by Gasteiger charge is 2.29. The minimum atomic E-state index is -0.642. The van der Waals surface area contributed by atoms with Crippen LogP contribution in [0.3, 0.4) is 0 Å². The van der Waals surface area contributed by atoms with Gasteiger partial charge in [-0.2, -0.15) is 0 Å². The van der Waals surface area contributed by atoms with Crippen LogP contribution in [0.2, 0.25) is 0 Å². The number of fused-ring (bicyclic) bond motifs is 1. The first-order chi connectivity index (χ1) is 11.1. The quantitative estimate of drug-likeness (QED) is 0.730. The predicted octanol–water partition coefficient (Wildman–Crippen LogP) is 1.17. The van der Waals surface area contributed by atoms with Crippen molar-refractivity contribution in [2.45, 2.75) is 24.6 Å². The molecule has 1 aliphatic rings. The Bertz CT molecular complexity index is 703. The molecule has 2 heterocycles. The number of aryl methyl sites for hydroxylation is 1. The van der Waals surface area contributed by atoms with Gasteiger partial charge in [-0.1, -0.05) is 17.8 Å². The van der Waals surface area contributed by atoms with Crippen molar-refractivity contribution in [3.8, 4) is 0 Å². The maximum Gasteiger partial charge on any atom is 0.233 e. The molecule has 2 atom stereocenters. The zero-order valence-electron chi connectivity index (χ0n) is 13.0. The van der Waals surface area contributed by atoms with Gasteiger partial charge in [-0.15, -0.1) is 0 Å². The molecule has 124 valence electrons. The fourth-order valence-corrected chi connectivity index (χ4v) is 3.60. The van der Waals surface area contributed by atoms with Crippen molar-refractivity contribution < 1.29 is 15.0 Å². The summed E-state index contributed by atoms with van der Waals surface area (Å²) < 4.78 is 0. The molecule has 0 saturated carbocycles. The highest BCUT2D eigenvalue weighted by atomic mass is 32.2. The summed E-state index contributed by atoms with van der Waals surface area (Å²) in [5.41, 5.74) is 3.03. The number of hydrogen-bond donors (Lipinski definition) is 3. The summed E-state index contributed by atoms with van der Waals surface area (Å²) in [6.07, 6.45) is -0.00489. The average molecular weight is 335 g/mol. The first-order valence-electron chi connectivity index (χ1n) is 7.72. The van der Waals surface area contributed by atoms with E-state index in [0.717, 1.165) is 21.8 Å². The number of carbonyl (C=O) groups excluding carboxylic acids is 1. The third-order valence-electron chi connectivity index (χ3n) is 4.26. The van der Waals surface area contributed by atoms with Crippen molar-refractivity contribution in [2.24, 2.45) is 5.92 Å². The van der Waals surface area contributed by atoms with E-state index >= 15 is 0 Å². The minimum Gasteiger partial charge on any atom is -0.396 e. The summed E-state index contributed by atoms with van der Waals surface area (Å²) in [5, 5.41) is 19.8. The van der Waals surface area contributed by atoms with E-state index in [9.17, 15) is 9.90 Å². The highest BCUT2D eigenvalue weighted by Crippen LogP contribution is 2.22. The van der Waals surface area contributed by atoms with Crippen molar-refractivity contribution in [3.05, 3.63) is 23.8 Å². The number of aliphatic hydroxyl groups is 2. The Morgan fingerprint density at radius 1 is 1.52 bits per heavy atom. The molecule has 23 heavy (non-hydrogen) atoms. The Balaban J connectivity index is 1.58. The summed E-state index contributed by atoms with van der Waals surface area (Å²) in [7, 11) is 0. The number of nitrogens with one attached hydrogen (secondary N) is 1. The van der Waals surface area contributed by atoms with Gasteiger partial charge in [0.05, 0.1) is 22.9 Å². The lowest BCUT2D eigenvalue weighted by Crippen LogP contribution is -2.48. The molecule has 0 aliphatic carbocycles. The molecule has 3 rings (SSSR count). The average Bonchev–Trinajstić information content (AvgIpc) is 2.94. The number of aromatic amines is 1. The van der Waals surface area contributed by atoms with Gasteiger partial charge in [-0.3, -0.25) is 4.79 Å². The summed E-state index contributed by atoms with van der Waals surface area (Å²) in [6, 6.07) is 6.00. The van der Waals surface area contributed by atoms with Gasteiger partial charge >= 0.3 is 0 Å². The molecule has 1 fully saturated rings. The first-order valence-corrected chi connectivity index (χ1v) is 8.71. The number of amides is 1. The van der Waals surface area contributed by atoms with Crippen LogP contribution in [0.1, 0.15) is 12.0 Å². The van der Waals surface area contributed by atoms with Crippen molar-refractivity contribution in [1.29, 1.82) is 0 Å². The molecule has 7 heteroatoms. The van der Waals surface area contributed by atoms with E-state index in [1.54, 1.807) is 4.90 Å². The fourth-order valence-electron chi connectivity index (χ4n) is 2.81. The van der Waals surface area contributed by atoms with Gasteiger partial charge in [-0.05, 0) is 31.0 Å². The van der Waals surface area contributed by atoms with E-state index in [1.165, 1.54) is 11.8 Å². The van der Waals surface area contributed by atoms with Crippen LogP contribution in [-0.2, 0) is 4.79 Å². The SMILES string of the molecule is Cc1ccc2nc(SCC(=O)N3CC[C@H](CO)[C@H](O)C3)[nH]c2c1. The lowest BCUT2D eigenvalue weighted by atomic mass is 9.95. The standard InChI is InChI=1S/C16H21N3O3S/c1-10-2-3-12-13(6-10)18-16(17-12)23-9-15(22)19-5-4-11(8-20)14(21)7-19/h2-3,6,11,14,20-21H,4-5,7-9H2,1H3,(H,17,18)/t11-,14-/m1/s1. The van der Waals surface area contributed by atoms with E-state index in [0.29, 0.717) is 19.5 Å². The third-order valence-corrected chi connectivity index (χ3v) is 5.11. The van der Waals surface area contributed by atoms with E-state index in [1.807, 2.05) is 25.1 Å². The van der Waals surface area contributed by atoms with Crippen LogP contribution in [0.4, 0.5) is 0 Å². The summed E-state index contributed by atoms with van der Waals surface area (Å²) in [4.78, 5) is 21.6. The number of piperidine rings is 1. The van der Waals surface area contributed by atoms with Crippen molar-refractivity contribution >= 4 is 28.7 Å². The smallest absolute Gasteiger partial charge is 0.233 e. The van der Waals surface area contributed by atoms with Gasteiger partial charge in [0.25, 0.3) is 0 Å². The molecule has 1 aromatic carbocycles. The fraction of sp³-hybridized carbons (Fsp3) is 0.500. The molecule has 0 unspecified atom stereocenters. The molecular weight excluding hydrogens is 314 g/mol. The lowest BCUT2D eigenvalue weighted by molar-refractivity contribution is -0.133. The van der Waals surface area contributed by atoms with E-state index in [-0.39, 0.29) is 24.2 Å². The number of aromatic nitrogens is 2. The Morgan fingerprint density at radius 2 is 2.35 bits per heavy atom. The Labute approximate surface area is 138 Å². The van der Waals surface area contributed by atoms with Crippen LogP contribution in [0.15, 0.2) is 23.4 Å². The second-order valence-corrected chi connectivity index (χ2v) is 6.95. The van der Waals surface area contributed by atoms with Crippen LogP contribution in [0, 0.1) is 12.8 Å². The molecule has 0 radical (unpaired) electrons. The largest absolute Gasteiger partial charge is 0.396 e. The number of H-pyrrole nitrogens is 1. The molecule has 1 aliphatic heterocycles. The van der Waals surface area contributed by atoms with Crippen LogP contribution in [0.5, 0.6) is 0 Å². The molecule has 0 bridgehead atoms. The maximum atomic E-state index is 12.3. The zero-order valence-corrected chi connectivity index (χ0v) is 13.8. The van der Waals surface area contributed by atoms with Crippen LogP contribution < -0.4 is 0 Å². The van der Waals surface area contributed by atoms with Gasteiger partial charge in [0.15, 0.2) is 5.16 Å². The lowest BCUT2D eigenvalue weighted by Gasteiger charge is -2.35. The first kappa shape index (κ1) is 16.3. The zero-order chi connectivity index (χ0) is 16.4. The molecule has 1 aromatic heterocycles. The van der Waals surface area contributed by atoms with Crippen molar-refractivity contribution in [3.63, 3.8) is 0 Å². The van der Waals surface area contributed by atoms with Crippen LogP contribution >= 0.6 is 11.8 Å². The Hall–Kier alpha value is -1.57. The number of nitrogens with zero attached hydrogens (tertiary/aromatic N) is 2. The number of hydrogen-bond acceptors (Lipinski definition) is 5. The molecule has 1 saturated heterocycles. The van der Waals surface area contributed by atoms with Crippen LogP contribution in [0.25, 0.3) is 11.0 Å². The van der Waals surface area contributed by atoms with Gasteiger partial charge in [0.2, 0.25) is 5.91 Å². The number of thioether (sulfide) groups is 1. The van der Waals surface area contributed by atoms with Gasteiger partial charge < -0.3 is 20.1 Å². The van der Waals surface area contributed by atoms with E-state index in [4.69, 9.17) is 5.11 Å². The predicted molar refractivity (Wildman–Crippen MR) is 89.3 cm³/mol. The van der Waals surface area contributed by atoms with Gasteiger partial charge in [0.1, 0.15) is 0 Å². The molecule has 6 nitrogen and oxygen atoms in total. The number of likely N-dealkylation sites (tertiary alicyclic amines) is 1. The molecular formula is C16H21N3O3S. The third kappa shape index (κ3) is 3.68. The van der Waals surface area contributed by atoms with Gasteiger partial charge in [0, 0.05) is 25.6 Å². The number of carbonyl (C=O) groups is 1. The van der Waals surface area contributed by atoms with Crippen molar-refractivity contribution in [1.82, 2.24) is 14.9 Å². The molecule has 2 aromatic rings. The second kappa shape index (κ2) is 6.90. The number of benzene rings is 1. The highest BCUT2D eigenvalue weighted by molar-refractivity contribution is 7.99. The second-order valence-electron chi connectivity index (χ2n) is 5.99. The normalized spacial score (nSPS) is 21.8. The number of aliphatic hydroxyl groups excluding tert-OH is 2. The van der Waals surface area contributed by atoms with E-state index in [2.05, 4.69) is 9.97 Å². The molecule has 3 N–H and O–H groups in total. The summed E-state index contributed by atoms with van der Waals surface area (Å²) in [5.74, 6) is 0.155. The number of rotatable bonds is 4. The Kier molecular flexibility index (Phi) is 4.89. The molecule has 1 amide bonds. The number of imidazole rings is 1. The molecule has 0 spiro atoms. The number of β-amino-alcohol motifs (C(OH)–C–C–N with tert-alkyl or cyclic N) is 1. The van der Waals surface area contributed by atoms with Gasteiger partial charge in [-0.25, -0.2) is 4.98 Å². The minimum absolute atomic E-state index is 0.0120. The van der Waals surface area contributed by atoms with E-state index < -0.39 is 6.10 Å². The Morgan fingerprint density at radius 3 is 3.09 bits per heavy atom. The maximum absolute atomic E-state index is 12.3.